The third kappa shape index (κ3) is 9.20. The van der Waals surface area contributed by atoms with Crippen molar-refractivity contribution < 1.29 is 33.4 Å². The summed E-state index contributed by atoms with van der Waals surface area (Å²) in [6.07, 6.45) is -1.01. The van der Waals surface area contributed by atoms with Gasteiger partial charge in [-0.25, -0.2) is 4.79 Å². The van der Waals surface area contributed by atoms with E-state index in [9.17, 15) is 24.0 Å². The number of primary amides is 1. The van der Waals surface area contributed by atoms with Gasteiger partial charge in [0.15, 0.2) is 0 Å². The highest BCUT2D eigenvalue weighted by molar-refractivity contribution is 5.95. The lowest BCUT2D eigenvalue weighted by Crippen LogP contribution is -2.60. The molecule has 200 valence electrons. The minimum atomic E-state index is -1.40. The molecule has 11 nitrogen and oxygen atoms in total. The summed E-state index contributed by atoms with van der Waals surface area (Å²) in [5, 5.41) is 4.93. The molecule has 0 bridgehead atoms. The molecular weight excluding hydrogens is 468 g/mol. The molecule has 1 rings (SSSR count). The first-order chi connectivity index (χ1) is 16.6. The average molecular weight is 507 g/mol. The molecule has 2 atom stereocenters. The molecule has 4 amide bonds. The summed E-state index contributed by atoms with van der Waals surface area (Å²) in [7, 11) is 1.19. The summed E-state index contributed by atoms with van der Waals surface area (Å²) < 4.78 is 9.86. The summed E-state index contributed by atoms with van der Waals surface area (Å²) in [5.74, 6) is -2.85. The van der Waals surface area contributed by atoms with Gasteiger partial charge in [-0.1, -0.05) is 37.3 Å². The number of amides is 4. The van der Waals surface area contributed by atoms with Crippen molar-refractivity contribution in [3.63, 3.8) is 0 Å². The molecule has 0 aliphatic heterocycles. The normalized spacial score (nSPS) is 13.1. The number of ether oxygens (including phenoxy) is 2. The second-order valence-corrected chi connectivity index (χ2v) is 9.85. The Kier molecular flexibility index (Phi) is 10.9. The Labute approximate surface area is 212 Å². The SMILES string of the molecule is CCC(C)(C)N(C(=O)C(CC(N)=O)NC(=O)OC(C)(C)C)C(C(=O)NCC(=O)OC)c1ccccc1. The van der Waals surface area contributed by atoms with Crippen LogP contribution < -0.4 is 16.4 Å². The zero-order valence-electron chi connectivity index (χ0n) is 22.0. The minimum absolute atomic E-state index is 0.409. The van der Waals surface area contributed by atoms with Crippen LogP contribution in [0.5, 0.6) is 0 Å². The van der Waals surface area contributed by atoms with Crippen LogP contribution in [0.15, 0.2) is 30.3 Å². The first-order valence-electron chi connectivity index (χ1n) is 11.6. The molecule has 0 aliphatic rings. The third-order valence-electron chi connectivity index (χ3n) is 5.41. The number of nitrogens with one attached hydrogen (secondary N) is 2. The van der Waals surface area contributed by atoms with Crippen LogP contribution in [0.25, 0.3) is 0 Å². The molecule has 36 heavy (non-hydrogen) atoms. The van der Waals surface area contributed by atoms with Crippen LogP contribution in [-0.2, 0) is 28.7 Å². The van der Waals surface area contributed by atoms with Crippen molar-refractivity contribution in [2.75, 3.05) is 13.7 Å². The zero-order chi connectivity index (χ0) is 27.7. The molecule has 11 heteroatoms. The quantitative estimate of drug-likeness (QED) is 0.386. The highest BCUT2D eigenvalue weighted by Gasteiger charge is 2.43. The van der Waals surface area contributed by atoms with Gasteiger partial charge in [0.05, 0.1) is 13.5 Å². The number of methoxy groups -OCH3 is 1. The fourth-order valence-electron chi connectivity index (χ4n) is 3.35. The lowest BCUT2D eigenvalue weighted by atomic mass is 9.91. The number of carbonyl (C=O) groups excluding carboxylic acids is 5. The molecule has 0 saturated heterocycles. The van der Waals surface area contributed by atoms with Crippen molar-refractivity contribution in [3.05, 3.63) is 35.9 Å². The Morgan fingerprint density at radius 2 is 1.61 bits per heavy atom. The fourth-order valence-corrected chi connectivity index (χ4v) is 3.35. The lowest BCUT2D eigenvalue weighted by molar-refractivity contribution is -0.150. The maximum absolute atomic E-state index is 14.0. The van der Waals surface area contributed by atoms with Gasteiger partial charge < -0.3 is 30.7 Å². The van der Waals surface area contributed by atoms with Crippen molar-refractivity contribution in [1.82, 2.24) is 15.5 Å². The second-order valence-electron chi connectivity index (χ2n) is 9.85. The molecule has 0 spiro atoms. The topological polar surface area (TPSA) is 157 Å². The Morgan fingerprint density at radius 3 is 2.08 bits per heavy atom. The predicted molar refractivity (Wildman–Crippen MR) is 132 cm³/mol. The summed E-state index contributed by atoms with van der Waals surface area (Å²) in [4.78, 5) is 64.7. The van der Waals surface area contributed by atoms with Gasteiger partial charge in [-0.2, -0.15) is 0 Å². The molecule has 0 radical (unpaired) electrons. The van der Waals surface area contributed by atoms with Crippen molar-refractivity contribution in [2.24, 2.45) is 5.73 Å². The fraction of sp³-hybridized carbons (Fsp3) is 0.560. The van der Waals surface area contributed by atoms with Gasteiger partial charge >= 0.3 is 12.1 Å². The number of rotatable bonds is 11. The van der Waals surface area contributed by atoms with Gasteiger partial charge in [0.25, 0.3) is 0 Å². The van der Waals surface area contributed by atoms with Crippen LogP contribution in [0, 0.1) is 0 Å². The van der Waals surface area contributed by atoms with Crippen LogP contribution in [0.4, 0.5) is 4.79 Å². The van der Waals surface area contributed by atoms with E-state index >= 15 is 0 Å². The van der Waals surface area contributed by atoms with Crippen LogP contribution in [0.1, 0.15) is 66.0 Å². The lowest BCUT2D eigenvalue weighted by Gasteiger charge is -2.44. The number of benzene rings is 1. The van der Waals surface area contributed by atoms with Gasteiger partial charge in [0, 0.05) is 5.54 Å². The molecular formula is C25H38N4O7. The molecule has 2 unspecified atom stereocenters. The molecule has 0 aliphatic carbocycles. The summed E-state index contributed by atoms with van der Waals surface area (Å²) >= 11 is 0. The van der Waals surface area contributed by atoms with Gasteiger partial charge in [0.1, 0.15) is 24.2 Å². The standard InChI is InChI=1S/C25H38N4O7/c1-8-25(5,6)29(22(33)17(14-18(26)30)28-23(34)36-24(2,3)4)20(16-12-10-9-11-13-16)21(32)27-15-19(31)35-7/h9-13,17,20H,8,14-15H2,1-7H3,(H2,26,30)(H,27,32)(H,28,34). The van der Waals surface area contributed by atoms with Gasteiger partial charge in [-0.05, 0) is 46.6 Å². The van der Waals surface area contributed by atoms with Crippen molar-refractivity contribution in [1.29, 1.82) is 0 Å². The Bertz CT molecular complexity index is 941. The number of nitrogens with two attached hydrogens (primary N) is 1. The Hall–Kier alpha value is -3.63. The Morgan fingerprint density at radius 1 is 1.03 bits per heavy atom. The molecule has 4 N–H and O–H groups in total. The number of hydrogen-bond donors (Lipinski definition) is 3. The Balaban J connectivity index is 3.57. The first kappa shape index (κ1) is 30.4. The number of nitrogens with zero attached hydrogens (tertiary/aromatic N) is 1. The summed E-state index contributed by atoms with van der Waals surface area (Å²) in [6, 6.07) is 5.90. The summed E-state index contributed by atoms with van der Waals surface area (Å²) in [5.41, 5.74) is 4.07. The van der Waals surface area contributed by atoms with Gasteiger partial charge in [0.2, 0.25) is 17.7 Å². The second kappa shape index (κ2) is 12.9. The maximum atomic E-state index is 14.0. The van der Waals surface area contributed by atoms with E-state index in [1.807, 2.05) is 6.92 Å². The molecule has 0 fully saturated rings. The van der Waals surface area contributed by atoms with Crippen molar-refractivity contribution in [3.8, 4) is 0 Å². The van der Waals surface area contributed by atoms with E-state index < -0.39 is 66.0 Å². The van der Waals surface area contributed by atoms with Gasteiger partial charge in [-0.15, -0.1) is 0 Å². The monoisotopic (exact) mass is 506 g/mol. The van der Waals surface area contributed by atoms with Crippen molar-refractivity contribution >= 4 is 29.8 Å². The molecule has 0 aromatic heterocycles. The first-order valence-corrected chi connectivity index (χ1v) is 11.6. The highest BCUT2D eigenvalue weighted by atomic mass is 16.6. The van der Waals surface area contributed by atoms with Crippen molar-refractivity contribution in [2.45, 2.75) is 77.6 Å². The molecule has 0 saturated carbocycles. The van der Waals surface area contributed by atoms with Crippen LogP contribution >= 0.6 is 0 Å². The van der Waals surface area contributed by atoms with Crippen LogP contribution in [0.3, 0.4) is 0 Å². The minimum Gasteiger partial charge on any atom is -0.468 e. The number of hydrogen-bond acceptors (Lipinski definition) is 7. The summed E-state index contributed by atoms with van der Waals surface area (Å²) in [6.45, 7) is 9.89. The van der Waals surface area contributed by atoms with E-state index in [1.165, 1.54) is 12.0 Å². The zero-order valence-corrected chi connectivity index (χ0v) is 22.0. The maximum Gasteiger partial charge on any atom is 0.408 e. The van der Waals surface area contributed by atoms with Crippen LogP contribution in [-0.4, -0.2) is 65.5 Å². The average Bonchev–Trinajstić information content (AvgIpc) is 2.78. The number of esters is 1. The highest BCUT2D eigenvalue weighted by Crippen LogP contribution is 2.32. The van der Waals surface area contributed by atoms with E-state index in [-0.39, 0.29) is 0 Å². The van der Waals surface area contributed by atoms with E-state index in [2.05, 4.69) is 15.4 Å². The largest absolute Gasteiger partial charge is 0.468 e. The van der Waals surface area contributed by atoms with Crippen LogP contribution in [0.2, 0.25) is 0 Å². The van der Waals surface area contributed by atoms with E-state index in [0.717, 1.165) is 0 Å². The molecule has 1 aromatic carbocycles. The third-order valence-corrected chi connectivity index (χ3v) is 5.41. The smallest absolute Gasteiger partial charge is 0.408 e. The van der Waals surface area contributed by atoms with Gasteiger partial charge in [-0.3, -0.25) is 19.2 Å². The van der Waals surface area contributed by atoms with E-state index in [1.54, 1.807) is 65.0 Å². The number of alkyl carbamates (subject to hydrolysis) is 1. The van der Waals surface area contributed by atoms with E-state index in [4.69, 9.17) is 10.5 Å². The molecule has 0 heterocycles. The molecule has 1 aromatic rings. The van der Waals surface area contributed by atoms with E-state index in [0.29, 0.717) is 12.0 Å². The predicted octanol–water partition coefficient (Wildman–Crippen LogP) is 1.80. The number of carbonyl (C=O) groups is 5.